The standard InChI is InChI=1S/C5H6N4OS2/c1-2(10)6-3-7-4(11)9-5(12)8-3/h1H3,(H3,6,7,8,9,10,11,12). The van der Waals surface area contributed by atoms with E-state index < -0.39 is 0 Å². The Morgan fingerprint density at radius 3 is 2.17 bits per heavy atom. The highest BCUT2D eigenvalue weighted by Crippen LogP contribution is 2.06. The Labute approximate surface area is 79.8 Å². The summed E-state index contributed by atoms with van der Waals surface area (Å²) in [6.07, 6.45) is 0. The van der Waals surface area contributed by atoms with Crippen LogP contribution >= 0.6 is 25.3 Å². The van der Waals surface area contributed by atoms with E-state index in [2.05, 4.69) is 45.5 Å². The highest BCUT2D eigenvalue weighted by Gasteiger charge is 2.01. The van der Waals surface area contributed by atoms with Crippen molar-refractivity contribution in [3.05, 3.63) is 0 Å². The Bertz CT molecular complexity index is 296. The fraction of sp³-hybridized carbons (Fsp3) is 0.200. The van der Waals surface area contributed by atoms with Crippen LogP contribution in [0.15, 0.2) is 10.3 Å². The van der Waals surface area contributed by atoms with Gasteiger partial charge in [-0.15, -0.1) is 25.3 Å². The number of amides is 1. The molecular weight excluding hydrogens is 196 g/mol. The second kappa shape index (κ2) is 3.72. The molecule has 1 aromatic heterocycles. The minimum Gasteiger partial charge on any atom is -0.295 e. The number of nitrogens with zero attached hydrogens (tertiary/aromatic N) is 3. The summed E-state index contributed by atoms with van der Waals surface area (Å²) in [6.45, 7) is 1.36. The highest BCUT2D eigenvalue weighted by molar-refractivity contribution is 7.80. The third-order valence-corrected chi connectivity index (χ3v) is 1.30. The van der Waals surface area contributed by atoms with Gasteiger partial charge < -0.3 is 0 Å². The van der Waals surface area contributed by atoms with Crippen molar-refractivity contribution in [2.75, 3.05) is 5.32 Å². The largest absolute Gasteiger partial charge is 0.295 e. The van der Waals surface area contributed by atoms with E-state index in [1.165, 1.54) is 6.92 Å². The summed E-state index contributed by atoms with van der Waals surface area (Å²) in [4.78, 5) is 21.7. The molecule has 0 aromatic carbocycles. The van der Waals surface area contributed by atoms with E-state index in [4.69, 9.17) is 0 Å². The quantitative estimate of drug-likeness (QED) is 0.577. The predicted molar refractivity (Wildman–Crippen MR) is 48.6 cm³/mol. The summed E-state index contributed by atoms with van der Waals surface area (Å²) in [5.41, 5.74) is 0. The van der Waals surface area contributed by atoms with Crippen LogP contribution in [0.25, 0.3) is 0 Å². The number of aromatic nitrogens is 3. The van der Waals surface area contributed by atoms with Gasteiger partial charge in [-0.1, -0.05) is 0 Å². The molecular formula is C5H6N4OS2. The maximum atomic E-state index is 10.6. The average Bonchev–Trinajstić information content (AvgIpc) is 1.81. The fourth-order valence-electron chi connectivity index (χ4n) is 0.567. The van der Waals surface area contributed by atoms with Crippen molar-refractivity contribution in [1.29, 1.82) is 0 Å². The van der Waals surface area contributed by atoms with Crippen molar-refractivity contribution >= 4 is 37.1 Å². The summed E-state index contributed by atoms with van der Waals surface area (Å²) in [6, 6.07) is 0. The Morgan fingerprint density at radius 2 is 1.75 bits per heavy atom. The molecule has 0 bridgehead atoms. The van der Waals surface area contributed by atoms with Crippen LogP contribution in [0.1, 0.15) is 6.92 Å². The van der Waals surface area contributed by atoms with Crippen LogP contribution in [-0.2, 0) is 4.79 Å². The van der Waals surface area contributed by atoms with Crippen molar-refractivity contribution in [2.45, 2.75) is 17.2 Å². The van der Waals surface area contributed by atoms with E-state index in [0.29, 0.717) is 0 Å². The van der Waals surface area contributed by atoms with E-state index >= 15 is 0 Å². The molecule has 64 valence electrons. The summed E-state index contributed by atoms with van der Waals surface area (Å²) >= 11 is 7.77. The maximum absolute atomic E-state index is 10.6. The van der Waals surface area contributed by atoms with Crippen LogP contribution in [0, 0.1) is 0 Å². The van der Waals surface area contributed by atoms with Crippen molar-refractivity contribution in [1.82, 2.24) is 15.0 Å². The van der Waals surface area contributed by atoms with E-state index in [1.54, 1.807) is 0 Å². The van der Waals surface area contributed by atoms with Crippen LogP contribution in [0.5, 0.6) is 0 Å². The molecule has 0 saturated carbocycles. The predicted octanol–water partition coefficient (Wildman–Crippen LogP) is 0.407. The van der Waals surface area contributed by atoms with Crippen LogP contribution in [0.2, 0.25) is 0 Å². The van der Waals surface area contributed by atoms with Gasteiger partial charge in [0.15, 0.2) is 10.3 Å². The zero-order valence-electron chi connectivity index (χ0n) is 6.14. The Hall–Kier alpha value is -0.820. The van der Waals surface area contributed by atoms with Gasteiger partial charge in [0, 0.05) is 6.92 Å². The lowest BCUT2D eigenvalue weighted by molar-refractivity contribution is -0.114. The number of anilines is 1. The first-order valence-corrected chi connectivity index (χ1v) is 3.89. The van der Waals surface area contributed by atoms with E-state index in [0.717, 1.165) is 0 Å². The topological polar surface area (TPSA) is 67.8 Å². The fourth-order valence-corrected chi connectivity index (χ4v) is 1.03. The Morgan fingerprint density at radius 1 is 1.25 bits per heavy atom. The lowest BCUT2D eigenvalue weighted by atomic mass is 10.7. The number of hydrogen-bond donors (Lipinski definition) is 3. The lowest BCUT2D eigenvalue weighted by Gasteiger charge is -1.99. The molecule has 7 heteroatoms. The first-order valence-electron chi connectivity index (χ1n) is 2.99. The molecule has 1 aromatic rings. The number of rotatable bonds is 1. The van der Waals surface area contributed by atoms with Crippen LogP contribution in [0.3, 0.4) is 0 Å². The first kappa shape index (κ1) is 9.27. The summed E-state index contributed by atoms with van der Waals surface area (Å²) in [5.74, 6) is -0.0887. The molecule has 0 aliphatic carbocycles. The van der Waals surface area contributed by atoms with Gasteiger partial charge >= 0.3 is 0 Å². The van der Waals surface area contributed by atoms with Crippen molar-refractivity contribution < 1.29 is 4.79 Å². The number of carbonyl (C=O) groups is 1. The Balaban J connectivity index is 2.93. The molecule has 0 saturated heterocycles. The molecule has 0 fully saturated rings. The van der Waals surface area contributed by atoms with Gasteiger partial charge in [-0.2, -0.15) is 15.0 Å². The van der Waals surface area contributed by atoms with Gasteiger partial charge in [0.2, 0.25) is 11.9 Å². The molecule has 1 rings (SSSR count). The molecule has 0 spiro atoms. The lowest BCUT2D eigenvalue weighted by Crippen LogP contribution is -2.10. The highest BCUT2D eigenvalue weighted by atomic mass is 32.1. The van der Waals surface area contributed by atoms with Crippen molar-refractivity contribution in [3.8, 4) is 0 Å². The summed E-state index contributed by atoms with van der Waals surface area (Å²) in [7, 11) is 0. The van der Waals surface area contributed by atoms with Crippen molar-refractivity contribution in [3.63, 3.8) is 0 Å². The monoisotopic (exact) mass is 202 g/mol. The van der Waals surface area contributed by atoms with Gasteiger partial charge in [-0.3, -0.25) is 10.1 Å². The number of carbonyl (C=O) groups excluding carboxylic acids is 1. The second-order valence-electron chi connectivity index (χ2n) is 1.94. The van der Waals surface area contributed by atoms with Crippen LogP contribution in [0.4, 0.5) is 5.95 Å². The van der Waals surface area contributed by atoms with Gasteiger partial charge in [-0.25, -0.2) is 0 Å². The van der Waals surface area contributed by atoms with Gasteiger partial charge in [0.1, 0.15) is 0 Å². The maximum Gasteiger partial charge on any atom is 0.234 e. The zero-order chi connectivity index (χ0) is 9.14. The molecule has 1 heterocycles. The molecule has 0 atom stereocenters. The third-order valence-electron chi connectivity index (χ3n) is 0.900. The molecule has 0 aliphatic rings. The number of nitrogens with one attached hydrogen (secondary N) is 1. The molecule has 0 radical (unpaired) electrons. The normalized spacial score (nSPS) is 9.58. The molecule has 1 amide bonds. The summed E-state index contributed by atoms with van der Waals surface area (Å²) < 4.78 is 0. The minimum atomic E-state index is -0.248. The first-order chi connectivity index (χ1) is 5.58. The molecule has 1 N–H and O–H groups in total. The van der Waals surface area contributed by atoms with Gasteiger partial charge in [0.25, 0.3) is 0 Å². The van der Waals surface area contributed by atoms with Gasteiger partial charge in [-0.05, 0) is 0 Å². The van der Waals surface area contributed by atoms with E-state index in [-0.39, 0.29) is 22.2 Å². The van der Waals surface area contributed by atoms with E-state index in [9.17, 15) is 4.79 Å². The molecule has 0 unspecified atom stereocenters. The molecule has 12 heavy (non-hydrogen) atoms. The molecule has 5 nitrogen and oxygen atoms in total. The van der Waals surface area contributed by atoms with E-state index in [1.807, 2.05) is 0 Å². The third kappa shape index (κ3) is 2.67. The van der Waals surface area contributed by atoms with Crippen LogP contribution < -0.4 is 5.32 Å². The smallest absolute Gasteiger partial charge is 0.234 e. The average molecular weight is 202 g/mol. The number of thiol groups is 2. The zero-order valence-corrected chi connectivity index (χ0v) is 7.93. The molecule has 0 aliphatic heterocycles. The number of hydrogen-bond acceptors (Lipinski definition) is 6. The minimum absolute atomic E-state index is 0.160. The SMILES string of the molecule is CC(=O)Nc1nc(S)nc(S)n1. The Kier molecular flexibility index (Phi) is 2.88. The summed E-state index contributed by atoms with van der Waals surface area (Å²) in [5, 5.41) is 2.83. The van der Waals surface area contributed by atoms with Gasteiger partial charge in [0.05, 0.1) is 0 Å². The van der Waals surface area contributed by atoms with Crippen LogP contribution in [-0.4, -0.2) is 20.9 Å². The second-order valence-corrected chi connectivity index (χ2v) is 2.74. The van der Waals surface area contributed by atoms with Crippen molar-refractivity contribution in [2.24, 2.45) is 0 Å².